The molecule has 41 heavy (non-hydrogen) atoms. The summed E-state index contributed by atoms with van der Waals surface area (Å²) < 4.78 is 40.0. The molecule has 0 spiro atoms. The van der Waals surface area contributed by atoms with E-state index in [9.17, 15) is 18.3 Å². The number of amides is 1. The Labute approximate surface area is 242 Å². The van der Waals surface area contributed by atoms with Crippen LogP contribution in [0.4, 0.5) is 5.69 Å². The maximum atomic E-state index is 13.1. The first-order chi connectivity index (χ1) is 19.2. The van der Waals surface area contributed by atoms with Crippen LogP contribution in [0.25, 0.3) is 0 Å². The molecule has 3 aromatic rings. The Morgan fingerprint density at radius 2 is 1.88 bits per heavy atom. The molecule has 2 N–H and O–H groups in total. The number of aliphatic hydroxyl groups is 1. The van der Waals surface area contributed by atoms with Gasteiger partial charge >= 0.3 is 0 Å². The number of hydrogen-bond donors (Lipinski definition) is 2. The highest BCUT2D eigenvalue weighted by Gasteiger charge is 2.29. The number of sulfonamides is 1. The first kappa shape index (κ1) is 30.4. The molecular formula is C31H39N3O6S. The average Bonchev–Trinajstić information content (AvgIpc) is 3.17. The minimum atomic E-state index is -4.00. The zero-order valence-electron chi connectivity index (χ0n) is 22.7. The van der Waals surface area contributed by atoms with Crippen LogP contribution in [0.15, 0.2) is 71.6 Å². The molecule has 2 aliphatic heterocycles. The van der Waals surface area contributed by atoms with Crippen LogP contribution in [0.3, 0.4) is 0 Å². The number of para-hydroxylation sites is 1. The van der Waals surface area contributed by atoms with Crippen molar-refractivity contribution in [3.05, 3.63) is 83.4 Å². The molecule has 2 bridgehead atoms. The van der Waals surface area contributed by atoms with Crippen LogP contribution in [0.1, 0.15) is 37.0 Å². The number of ether oxygens (including phenoxy) is 2. The number of nitrogens with zero attached hydrogens (tertiary/aromatic N) is 2. The second-order valence-corrected chi connectivity index (χ2v) is 12.1. The fourth-order valence-electron chi connectivity index (χ4n) is 5.23. The number of carbonyl (C=O) groups excluding carboxylic acids is 1. The van der Waals surface area contributed by atoms with E-state index >= 15 is 0 Å². The van der Waals surface area contributed by atoms with Crippen molar-refractivity contribution in [2.75, 3.05) is 32.1 Å². The van der Waals surface area contributed by atoms with E-state index in [1.807, 2.05) is 48.5 Å². The van der Waals surface area contributed by atoms with Gasteiger partial charge in [0.1, 0.15) is 29.2 Å². The fraction of sp³-hybridized carbons (Fsp3) is 0.387. The molecule has 2 atom stereocenters. The Bertz CT molecular complexity index is 1460. The number of likely N-dealkylation sites (N-methyl/N-ethyl adjacent to an activating group) is 1. The third-order valence-corrected chi connectivity index (χ3v) is 8.84. The number of benzene rings is 3. The summed E-state index contributed by atoms with van der Waals surface area (Å²) >= 11 is 0. The van der Waals surface area contributed by atoms with Crippen molar-refractivity contribution < 1.29 is 27.8 Å². The number of carbonyl (C=O) groups is 1. The SMILES string of the molecule is C.CN(C)C(=O)COc1ccc2c(c1)CC(N(C[C@@H](O)NS(=O)(=O)c1cc3ccc1OC3)c1ccccc1)CCC2. The largest absolute Gasteiger partial charge is 0.487 e. The second kappa shape index (κ2) is 12.9. The molecule has 220 valence electrons. The molecule has 1 amide bonds. The van der Waals surface area contributed by atoms with E-state index in [1.165, 1.54) is 10.5 Å². The normalized spacial score (nSPS) is 16.4. The summed E-state index contributed by atoms with van der Waals surface area (Å²) in [6.07, 6.45) is 2.03. The van der Waals surface area contributed by atoms with Gasteiger partial charge in [-0.1, -0.05) is 37.8 Å². The molecule has 1 aliphatic carbocycles. The van der Waals surface area contributed by atoms with Crippen LogP contribution in [0.2, 0.25) is 0 Å². The lowest BCUT2D eigenvalue weighted by Gasteiger charge is -2.35. The Kier molecular flexibility index (Phi) is 9.57. The predicted molar refractivity (Wildman–Crippen MR) is 159 cm³/mol. The van der Waals surface area contributed by atoms with E-state index < -0.39 is 16.3 Å². The van der Waals surface area contributed by atoms with Gasteiger partial charge in [-0.25, -0.2) is 8.42 Å². The van der Waals surface area contributed by atoms with Gasteiger partial charge < -0.3 is 24.4 Å². The van der Waals surface area contributed by atoms with E-state index in [0.29, 0.717) is 18.8 Å². The van der Waals surface area contributed by atoms with E-state index in [2.05, 4.69) is 15.7 Å². The molecule has 10 heteroatoms. The molecule has 0 aromatic heterocycles. The molecule has 0 fully saturated rings. The highest BCUT2D eigenvalue weighted by Crippen LogP contribution is 2.32. The topological polar surface area (TPSA) is 108 Å². The third kappa shape index (κ3) is 7.19. The second-order valence-electron chi connectivity index (χ2n) is 10.5. The summed E-state index contributed by atoms with van der Waals surface area (Å²) in [7, 11) is -0.614. The number of nitrogens with one attached hydrogen (secondary N) is 1. The van der Waals surface area contributed by atoms with Gasteiger partial charge in [0.25, 0.3) is 5.91 Å². The molecule has 6 rings (SSSR count). The van der Waals surface area contributed by atoms with Crippen LogP contribution in [-0.4, -0.2) is 63.8 Å². The third-order valence-electron chi connectivity index (χ3n) is 7.36. The summed E-state index contributed by atoms with van der Waals surface area (Å²) in [6.45, 7) is 0.372. The lowest BCUT2D eigenvalue weighted by molar-refractivity contribution is -0.130. The molecule has 3 aromatic carbocycles. The van der Waals surface area contributed by atoms with Crippen molar-refractivity contribution in [3.63, 3.8) is 0 Å². The highest BCUT2D eigenvalue weighted by atomic mass is 32.2. The monoisotopic (exact) mass is 581 g/mol. The van der Waals surface area contributed by atoms with E-state index in [1.54, 1.807) is 26.2 Å². The van der Waals surface area contributed by atoms with Gasteiger partial charge in [-0.15, -0.1) is 0 Å². The van der Waals surface area contributed by atoms with Crippen LogP contribution in [0, 0.1) is 0 Å². The number of anilines is 1. The van der Waals surface area contributed by atoms with Gasteiger partial charge in [0, 0.05) is 25.8 Å². The predicted octanol–water partition coefficient (Wildman–Crippen LogP) is 3.73. The lowest BCUT2D eigenvalue weighted by atomic mass is 10.00. The molecule has 0 saturated heterocycles. The highest BCUT2D eigenvalue weighted by molar-refractivity contribution is 7.89. The standard InChI is InChI=1S/C30H35N3O6S.CH4/c1-32(2)30(35)20-38-26-13-12-22-7-6-10-25(16-23(22)17-26)33(24-8-4-3-5-9-24)18-29(34)31-40(36,37)28-15-21-11-14-27(28)39-19-21;/h3-5,8-9,11-15,17,25,29,31,34H,6-7,10,16,18-20H2,1-2H3;1H4/t25?,29-;/m1./s1. The summed E-state index contributed by atoms with van der Waals surface area (Å²) in [5, 5.41) is 11.0. The molecule has 2 heterocycles. The van der Waals surface area contributed by atoms with Gasteiger partial charge in [0.05, 0.1) is 6.54 Å². The van der Waals surface area contributed by atoms with Gasteiger partial charge in [0.2, 0.25) is 10.0 Å². The molecule has 0 radical (unpaired) electrons. The first-order valence-electron chi connectivity index (χ1n) is 13.4. The Hall–Kier alpha value is -3.60. The van der Waals surface area contributed by atoms with Gasteiger partial charge in [-0.2, -0.15) is 4.72 Å². The van der Waals surface area contributed by atoms with Crippen molar-refractivity contribution in [3.8, 4) is 11.5 Å². The van der Waals surface area contributed by atoms with Crippen LogP contribution < -0.4 is 19.1 Å². The summed E-state index contributed by atoms with van der Waals surface area (Å²) in [4.78, 5) is 15.6. The van der Waals surface area contributed by atoms with Crippen molar-refractivity contribution >= 4 is 21.6 Å². The van der Waals surface area contributed by atoms with Crippen molar-refractivity contribution in [1.29, 1.82) is 0 Å². The minimum absolute atomic E-state index is 0. The van der Waals surface area contributed by atoms with E-state index in [-0.39, 0.29) is 43.2 Å². The van der Waals surface area contributed by atoms with Crippen molar-refractivity contribution in [2.24, 2.45) is 0 Å². The zero-order valence-corrected chi connectivity index (χ0v) is 23.6. The lowest BCUT2D eigenvalue weighted by Crippen LogP contribution is -2.48. The zero-order chi connectivity index (χ0) is 28.3. The quantitative estimate of drug-likeness (QED) is 0.278. The molecule has 0 saturated carbocycles. The molecule has 3 aliphatic rings. The van der Waals surface area contributed by atoms with Gasteiger partial charge in [-0.3, -0.25) is 4.79 Å². The maximum Gasteiger partial charge on any atom is 0.259 e. The van der Waals surface area contributed by atoms with E-state index in [4.69, 9.17) is 9.47 Å². The van der Waals surface area contributed by atoms with Gasteiger partial charge in [-0.05, 0) is 78.8 Å². The number of fused-ring (bicyclic) bond motifs is 4. The molecule has 9 nitrogen and oxygen atoms in total. The average molecular weight is 582 g/mol. The van der Waals surface area contributed by atoms with Gasteiger partial charge in [0.15, 0.2) is 6.61 Å². The Balaban J connectivity index is 0.00000387. The number of hydrogen-bond acceptors (Lipinski definition) is 7. The van der Waals surface area contributed by atoms with Crippen molar-refractivity contribution in [1.82, 2.24) is 9.62 Å². The summed E-state index contributed by atoms with van der Waals surface area (Å²) in [5.41, 5.74) is 4.01. The fourth-order valence-corrected chi connectivity index (χ4v) is 6.49. The maximum absolute atomic E-state index is 13.1. The van der Waals surface area contributed by atoms with Crippen LogP contribution in [0.5, 0.6) is 11.5 Å². The van der Waals surface area contributed by atoms with E-state index in [0.717, 1.165) is 36.1 Å². The summed E-state index contributed by atoms with van der Waals surface area (Å²) in [5.74, 6) is 0.798. The summed E-state index contributed by atoms with van der Waals surface area (Å²) in [6, 6.07) is 20.7. The first-order valence-corrected chi connectivity index (χ1v) is 14.9. The Morgan fingerprint density at radius 3 is 2.54 bits per heavy atom. The number of rotatable bonds is 10. The number of aryl methyl sites for hydroxylation is 1. The Morgan fingerprint density at radius 1 is 1.10 bits per heavy atom. The minimum Gasteiger partial charge on any atom is -0.487 e. The van der Waals surface area contributed by atoms with Crippen LogP contribution >= 0.6 is 0 Å². The molecular weight excluding hydrogens is 542 g/mol. The smallest absolute Gasteiger partial charge is 0.259 e. The van der Waals surface area contributed by atoms with Crippen LogP contribution in [-0.2, 0) is 34.3 Å². The van der Waals surface area contributed by atoms with Crippen molar-refractivity contribution in [2.45, 2.75) is 56.9 Å². The number of aliphatic hydroxyl groups excluding tert-OH is 1. The molecule has 1 unspecified atom stereocenters.